The first-order valence-corrected chi connectivity index (χ1v) is 10.3. The fraction of sp³-hybridized carbons (Fsp3) is 0.304. The molecule has 6 nitrogen and oxygen atoms in total. The van der Waals surface area contributed by atoms with E-state index in [9.17, 15) is 14.0 Å². The minimum absolute atomic E-state index is 0.118. The molecular formula is C23H22ClFN2O4. The monoisotopic (exact) mass is 444 g/mol. The molecule has 0 aromatic heterocycles. The predicted octanol–water partition coefficient (Wildman–Crippen LogP) is 3.88. The normalized spacial score (nSPS) is 21.8. The van der Waals surface area contributed by atoms with Gasteiger partial charge in [-0.3, -0.25) is 9.59 Å². The number of anilines is 1. The number of morpholine rings is 1. The van der Waals surface area contributed by atoms with E-state index in [1.54, 1.807) is 24.3 Å². The topological polar surface area (TPSA) is 59.1 Å². The smallest absolute Gasteiger partial charge is 0.282 e. The molecule has 4 rings (SSSR count). The SMILES string of the molecule is COc1ccccc1C1=C(N2CC(C)OC(C)C2)C(=O)N(c2ccc(F)c(Cl)c2)C1=O. The van der Waals surface area contributed by atoms with E-state index in [1.807, 2.05) is 18.7 Å². The van der Waals surface area contributed by atoms with Gasteiger partial charge < -0.3 is 14.4 Å². The number of carbonyl (C=O) groups excluding carboxylic acids is 2. The molecule has 2 unspecified atom stereocenters. The Morgan fingerprint density at radius 1 is 1.06 bits per heavy atom. The van der Waals surface area contributed by atoms with Crippen LogP contribution in [0, 0.1) is 5.82 Å². The van der Waals surface area contributed by atoms with Crippen molar-refractivity contribution in [3.05, 3.63) is 64.6 Å². The summed E-state index contributed by atoms with van der Waals surface area (Å²) in [5.74, 6) is -1.16. The molecule has 2 amide bonds. The molecule has 2 aromatic rings. The summed E-state index contributed by atoms with van der Waals surface area (Å²) in [5.41, 5.74) is 1.24. The summed E-state index contributed by atoms with van der Waals surface area (Å²) in [6.45, 7) is 4.75. The molecule has 0 radical (unpaired) electrons. The van der Waals surface area contributed by atoms with Gasteiger partial charge in [-0.2, -0.15) is 0 Å². The van der Waals surface area contributed by atoms with Crippen molar-refractivity contribution < 1.29 is 23.5 Å². The first-order valence-electron chi connectivity index (χ1n) is 9.93. The standard InChI is InChI=1S/C23H22ClFN2O4/c1-13-11-26(12-14(2)31-13)21-20(16-6-4-5-7-19(16)30-3)22(28)27(23(21)29)15-8-9-18(25)17(24)10-15/h4-10,13-14H,11-12H2,1-3H3. The zero-order valence-corrected chi connectivity index (χ0v) is 18.1. The van der Waals surface area contributed by atoms with Gasteiger partial charge in [0.2, 0.25) is 0 Å². The van der Waals surface area contributed by atoms with Gasteiger partial charge >= 0.3 is 0 Å². The van der Waals surface area contributed by atoms with Crippen molar-refractivity contribution in [2.75, 3.05) is 25.1 Å². The summed E-state index contributed by atoms with van der Waals surface area (Å²) < 4.78 is 25.0. The van der Waals surface area contributed by atoms with Crippen molar-refractivity contribution in [1.29, 1.82) is 0 Å². The number of amides is 2. The Morgan fingerprint density at radius 2 is 1.74 bits per heavy atom. The molecule has 0 aliphatic carbocycles. The Kier molecular flexibility index (Phi) is 5.73. The van der Waals surface area contributed by atoms with Crippen LogP contribution in [-0.4, -0.2) is 49.1 Å². The van der Waals surface area contributed by atoms with Crippen molar-refractivity contribution in [1.82, 2.24) is 4.90 Å². The minimum Gasteiger partial charge on any atom is -0.496 e. The highest BCUT2D eigenvalue weighted by molar-refractivity contribution is 6.46. The van der Waals surface area contributed by atoms with E-state index in [0.717, 1.165) is 11.0 Å². The fourth-order valence-corrected chi connectivity index (χ4v) is 4.30. The molecule has 1 fully saturated rings. The van der Waals surface area contributed by atoms with Gasteiger partial charge in [0.05, 0.1) is 35.6 Å². The second-order valence-electron chi connectivity index (χ2n) is 7.63. The van der Waals surface area contributed by atoms with Crippen molar-refractivity contribution in [2.24, 2.45) is 0 Å². The lowest BCUT2D eigenvalue weighted by Crippen LogP contribution is -2.47. The third-order valence-electron chi connectivity index (χ3n) is 5.33. The molecule has 0 bridgehead atoms. The van der Waals surface area contributed by atoms with Crippen LogP contribution in [0.15, 0.2) is 48.2 Å². The van der Waals surface area contributed by atoms with Crippen molar-refractivity contribution in [2.45, 2.75) is 26.1 Å². The Hall–Kier alpha value is -2.90. The van der Waals surface area contributed by atoms with E-state index >= 15 is 0 Å². The number of benzene rings is 2. The van der Waals surface area contributed by atoms with Crippen LogP contribution in [0.5, 0.6) is 5.75 Å². The maximum atomic E-state index is 13.7. The number of para-hydroxylation sites is 1. The Bertz CT molecular complexity index is 1080. The highest BCUT2D eigenvalue weighted by Crippen LogP contribution is 2.39. The van der Waals surface area contributed by atoms with Crippen LogP contribution in [0.2, 0.25) is 5.02 Å². The molecule has 162 valence electrons. The van der Waals surface area contributed by atoms with Gasteiger partial charge in [0.1, 0.15) is 17.3 Å². The molecule has 2 heterocycles. The van der Waals surface area contributed by atoms with Crippen LogP contribution < -0.4 is 9.64 Å². The van der Waals surface area contributed by atoms with Crippen LogP contribution in [0.4, 0.5) is 10.1 Å². The fourth-order valence-electron chi connectivity index (χ4n) is 4.12. The third kappa shape index (κ3) is 3.79. The number of ether oxygens (including phenoxy) is 2. The van der Waals surface area contributed by atoms with E-state index < -0.39 is 17.6 Å². The molecular weight excluding hydrogens is 423 g/mol. The summed E-state index contributed by atoms with van der Waals surface area (Å²) in [4.78, 5) is 30.1. The molecule has 0 saturated carbocycles. The van der Waals surface area contributed by atoms with Crippen LogP contribution in [0.3, 0.4) is 0 Å². The van der Waals surface area contributed by atoms with Gasteiger partial charge in [-0.05, 0) is 38.1 Å². The lowest BCUT2D eigenvalue weighted by Gasteiger charge is -2.37. The van der Waals surface area contributed by atoms with Crippen molar-refractivity contribution in [3.63, 3.8) is 0 Å². The predicted molar refractivity (Wildman–Crippen MR) is 115 cm³/mol. The molecule has 2 aliphatic heterocycles. The number of methoxy groups -OCH3 is 1. The Balaban J connectivity index is 1.88. The molecule has 2 aliphatic rings. The van der Waals surface area contributed by atoms with Gasteiger partial charge in [0, 0.05) is 18.7 Å². The average Bonchev–Trinajstić information content (AvgIpc) is 2.99. The van der Waals surface area contributed by atoms with Gasteiger partial charge in [-0.25, -0.2) is 9.29 Å². The van der Waals surface area contributed by atoms with Crippen molar-refractivity contribution >= 4 is 34.7 Å². The Labute approximate surface area is 184 Å². The minimum atomic E-state index is -0.626. The molecule has 0 N–H and O–H groups in total. The first kappa shape index (κ1) is 21.3. The van der Waals surface area contributed by atoms with E-state index in [2.05, 4.69) is 0 Å². The third-order valence-corrected chi connectivity index (χ3v) is 5.62. The highest BCUT2D eigenvalue weighted by Gasteiger charge is 2.44. The van der Waals surface area contributed by atoms with E-state index in [1.165, 1.54) is 19.2 Å². The quantitative estimate of drug-likeness (QED) is 0.670. The average molecular weight is 445 g/mol. The lowest BCUT2D eigenvalue weighted by atomic mass is 10.0. The van der Waals surface area contributed by atoms with Gasteiger partial charge in [-0.1, -0.05) is 29.8 Å². The van der Waals surface area contributed by atoms with Crippen LogP contribution in [0.1, 0.15) is 19.4 Å². The molecule has 2 atom stereocenters. The highest BCUT2D eigenvalue weighted by atomic mass is 35.5. The van der Waals surface area contributed by atoms with Gasteiger partial charge in [0.25, 0.3) is 11.8 Å². The summed E-state index contributed by atoms with van der Waals surface area (Å²) in [6.07, 6.45) is -0.236. The van der Waals surface area contributed by atoms with Crippen LogP contribution in [-0.2, 0) is 14.3 Å². The maximum absolute atomic E-state index is 13.7. The molecule has 31 heavy (non-hydrogen) atoms. The molecule has 1 saturated heterocycles. The van der Waals surface area contributed by atoms with Gasteiger partial charge in [-0.15, -0.1) is 0 Å². The summed E-state index contributed by atoms with van der Waals surface area (Å²) >= 11 is 5.93. The second-order valence-corrected chi connectivity index (χ2v) is 8.04. The van der Waals surface area contributed by atoms with Crippen LogP contribution in [0.25, 0.3) is 5.57 Å². The number of hydrogen-bond donors (Lipinski definition) is 0. The molecule has 2 aromatic carbocycles. The number of imide groups is 1. The van der Waals surface area contributed by atoms with Crippen molar-refractivity contribution in [3.8, 4) is 5.75 Å². The van der Waals surface area contributed by atoms with E-state index in [4.69, 9.17) is 21.1 Å². The number of nitrogens with zero attached hydrogens (tertiary/aromatic N) is 2. The van der Waals surface area contributed by atoms with Gasteiger partial charge in [0.15, 0.2) is 0 Å². The summed E-state index contributed by atoms with van der Waals surface area (Å²) in [7, 11) is 1.51. The zero-order valence-electron chi connectivity index (χ0n) is 17.4. The molecule has 8 heteroatoms. The first-order chi connectivity index (χ1) is 14.8. The second kappa shape index (κ2) is 8.32. The molecule has 0 spiro atoms. The van der Waals surface area contributed by atoms with E-state index in [0.29, 0.717) is 24.4 Å². The number of carbonyl (C=O) groups is 2. The number of halogens is 2. The number of rotatable bonds is 4. The Morgan fingerprint density at radius 3 is 2.39 bits per heavy atom. The number of hydrogen-bond acceptors (Lipinski definition) is 5. The summed E-state index contributed by atoms with van der Waals surface area (Å²) in [6, 6.07) is 10.8. The summed E-state index contributed by atoms with van der Waals surface area (Å²) in [5, 5.41) is -0.168. The maximum Gasteiger partial charge on any atom is 0.282 e. The zero-order chi connectivity index (χ0) is 22.3. The van der Waals surface area contributed by atoms with E-state index in [-0.39, 0.29) is 34.2 Å². The lowest BCUT2D eigenvalue weighted by molar-refractivity contribution is -0.121. The largest absolute Gasteiger partial charge is 0.496 e. The van der Waals surface area contributed by atoms with Crippen LogP contribution >= 0.6 is 11.6 Å².